The average molecular weight is 312 g/mol. The second kappa shape index (κ2) is 6.03. The number of ether oxygens (including phenoxy) is 1. The molecule has 0 saturated heterocycles. The summed E-state index contributed by atoms with van der Waals surface area (Å²) >= 11 is 0. The van der Waals surface area contributed by atoms with E-state index >= 15 is 0 Å². The van der Waals surface area contributed by atoms with Gasteiger partial charge in [-0.2, -0.15) is 0 Å². The van der Waals surface area contributed by atoms with Crippen molar-refractivity contribution in [1.29, 1.82) is 0 Å². The van der Waals surface area contributed by atoms with Crippen LogP contribution in [0, 0.1) is 0 Å². The molecule has 21 heavy (non-hydrogen) atoms. The molecule has 1 aromatic carbocycles. The fourth-order valence-corrected chi connectivity index (χ4v) is 3.41. The molecule has 6 nitrogen and oxygen atoms in total. The summed E-state index contributed by atoms with van der Waals surface area (Å²) in [7, 11) is -1.68. The predicted molar refractivity (Wildman–Crippen MR) is 81.1 cm³/mol. The van der Waals surface area contributed by atoms with Crippen LogP contribution in [0.5, 0.6) is 0 Å². The van der Waals surface area contributed by atoms with E-state index in [1.807, 2.05) is 6.92 Å². The number of anilines is 1. The van der Waals surface area contributed by atoms with Crippen molar-refractivity contribution in [3.8, 4) is 0 Å². The molecular weight excluding hydrogens is 292 g/mol. The molecule has 1 aliphatic heterocycles. The largest absolute Gasteiger partial charge is 0.383 e. The maximum absolute atomic E-state index is 12.1. The van der Waals surface area contributed by atoms with E-state index in [0.717, 1.165) is 5.56 Å². The fraction of sp³-hybridized carbons (Fsp3) is 0.500. The van der Waals surface area contributed by atoms with Gasteiger partial charge in [0.05, 0.1) is 18.6 Å². The minimum absolute atomic E-state index is 0.0803. The lowest BCUT2D eigenvalue weighted by Crippen LogP contribution is -2.35. The highest BCUT2D eigenvalue weighted by Crippen LogP contribution is 2.30. The number of nitrogens with zero attached hydrogens (tertiary/aromatic N) is 1. The molecule has 116 valence electrons. The maximum atomic E-state index is 12.1. The van der Waals surface area contributed by atoms with Crippen molar-refractivity contribution in [3.05, 3.63) is 29.3 Å². The molecule has 1 atom stereocenters. The fourth-order valence-electron chi connectivity index (χ4n) is 2.46. The first-order chi connectivity index (χ1) is 9.82. The molecule has 1 amide bonds. The minimum Gasteiger partial charge on any atom is -0.383 e. The maximum Gasteiger partial charge on any atom is 0.251 e. The number of rotatable bonds is 5. The highest BCUT2D eigenvalue weighted by atomic mass is 32.2. The van der Waals surface area contributed by atoms with E-state index < -0.39 is 10.0 Å². The number of hydrogen-bond acceptors (Lipinski definition) is 4. The van der Waals surface area contributed by atoms with Crippen LogP contribution >= 0.6 is 0 Å². The van der Waals surface area contributed by atoms with Crippen LogP contribution in [0.4, 0.5) is 5.69 Å². The SMILES string of the molecule is COC[C@@H](C)NC(=O)c1ccc2c(c1)CCN2S(C)(=O)=O. The average Bonchev–Trinajstić information content (AvgIpc) is 2.81. The molecule has 7 heteroatoms. The molecule has 0 spiro atoms. The van der Waals surface area contributed by atoms with Crippen molar-refractivity contribution in [2.45, 2.75) is 19.4 Å². The van der Waals surface area contributed by atoms with Crippen LogP contribution in [-0.2, 0) is 21.2 Å². The van der Waals surface area contributed by atoms with Gasteiger partial charge in [0.15, 0.2) is 0 Å². The summed E-state index contributed by atoms with van der Waals surface area (Å²) in [6.45, 7) is 2.73. The molecule has 1 aliphatic rings. The quantitative estimate of drug-likeness (QED) is 0.871. The van der Waals surface area contributed by atoms with E-state index in [2.05, 4.69) is 5.32 Å². The Labute approximate surface area is 125 Å². The Morgan fingerprint density at radius 3 is 2.81 bits per heavy atom. The van der Waals surface area contributed by atoms with Gasteiger partial charge in [-0.1, -0.05) is 0 Å². The van der Waals surface area contributed by atoms with E-state index in [0.29, 0.717) is 30.8 Å². The van der Waals surface area contributed by atoms with Gasteiger partial charge in [-0.25, -0.2) is 8.42 Å². The zero-order valence-electron chi connectivity index (χ0n) is 12.4. The van der Waals surface area contributed by atoms with Crippen molar-refractivity contribution in [3.63, 3.8) is 0 Å². The van der Waals surface area contributed by atoms with Gasteiger partial charge in [0.2, 0.25) is 10.0 Å². The summed E-state index contributed by atoms with van der Waals surface area (Å²) in [6, 6.07) is 5.02. The normalized spacial score (nSPS) is 15.7. The third kappa shape index (κ3) is 3.54. The molecule has 2 rings (SSSR count). The Balaban J connectivity index is 2.18. The first-order valence-corrected chi connectivity index (χ1v) is 8.58. The molecular formula is C14H20N2O4S. The van der Waals surface area contributed by atoms with Crippen molar-refractivity contribution in [2.24, 2.45) is 0 Å². The van der Waals surface area contributed by atoms with Gasteiger partial charge in [-0.05, 0) is 37.1 Å². The summed E-state index contributed by atoms with van der Waals surface area (Å²) in [5.41, 5.74) is 2.08. The molecule has 1 heterocycles. The number of fused-ring (bicyclic) bond motifs is 1. The Morgan fingerprint density at radius 1 is 1.48 bits per heavy atom. The zero-order valence-corrected chi connectivity index (χ0v) is 13.2. The van der Waals surface area contributed by atoms with Crippen LogP contribution in [0.3, 0.4) is 0 Å². The smallest absolute Gasteiger partial charge is 0.251 e. The second-order valence-corrected chi connectivity index (χ2v) is 7.17. The van der Waals surface area contributed by atoms with Gasteiger partial charge in [0.1, 0.15) is 0 Å². The van der Waals surface area contributed by atoms with Crippen LogP contribution in [0.25, 0.3) is 0 Å². The molecule has 0 bridgehead atoms. The number of sulfonamides is 1. The molecule has 0 aliphatic carbocycles. The number of amides is 1. The van der Waals surface area contributed by atoms with Crippen LogP contribution in [0.15, 0.2) is 18.2 Å². The molecule has 0 saturated carbocycles. The van der Waals surface area contributed by atoms with E-state index in [9.17, 15) is 13.2 Å². The van der Waals surface area contributed by atoms with Crippen molar-refractivity contribution < 1.29 is 17.9 Å². The topological polar surface area (TPSA) is 75.7 Å². The molecule has 0 radical (unpaired) electrons. The summed E-state index contributed by atoms with van der Waals surface area (Å²) in [5.74, 6) is -0.180. The summed E-state index contributed by atoms with van der Waals surface area (Å²) < 4.78 is 29.7. The lowest BCUT2D eigenvalue weighted by atomic mass is 10.1. The van der Waals surface area contributed by atoms with E-state index in [1.54, 1.807) is 25.3 Å². The predicted octanol–water partition coefficient (Wildman–Crippen LogP) is 0.773. The second-order valence-electron chi connectivity index (χ2n) is 5.26. The Bertz CT molecular complexity index is 642. The lowest BCUT2D eigenvalue weighted by molar-refractivity contribution is 0.0905. The monoisotopic (exact) mass is 312 g/mol. The minimum atomic E-state index is -3.26. The molecule has 0 unspecified atom stereocenters. The Hall–Kier alpha value is -1.60. The summed E-state index contributed by atoms with van der Waals surface area (Å²) in [5, 5.41) is 2.83. The third-order valence-electron chi connectivity index (χ3n) is 3.39. The first kappa shape index (κ1) is 15.8. The van der Waals surface area contributed by atoms with Crippen molar-refractivity contribution in [1.82, 2.24) is 5.32 Å². The zero-order chi connectivity index (χ0) is 15.6. The van der Waals surface area contributed by atoms with Crippen LogP contribution in [0.1, 0.15) is 22.8 Å². The number of nitrogens with one attached hydrogen (secondary N) is 1. The van der Waals surface area contributed by atoms with Gasteiger partial charge in [0, 0.05) is 25.3 Å². The number of carbonyl (C=O) groups excluding carboxylic acids is 1. The highest BCUT2D eigenvalue weighted by molar-refractivity contribution is 7.92. The van der Waals surface area contributed by atoms with E-state index in [-0.39, 0.29) is 11.9 Å². The van der Waals surface area contributed by atoms with Gasteiger partial charge in [0.25, 0.3) is 5.91 Å². The van der Waals surface area contributed by atoms with Gasteiger partial charge in [-0.3, -0.25) is 9.10 Å². The van der Waals surface area contributed by atoms with Crippen LogP contribution in [-0.4, -0.2) is 46.9 Å². The van der Waals surface area contributed by atoms with E-state index in [4.69, 9.17) is 4.74 Å². The van der Waals surface area contributed by atoms with Crippen LogP contribution < -0.4 is 9.62 Å². The van der Waals surface area contributed by atoms with Crippen molar-refractivity contribution in [2.75, 3.05) is 30.8 Å². The lowest BCUT2D eigenvalue weighted by Gasteiger charge is -2.17. The van der Waals surface area contributed by atoms with Gasteiger partial charge in [-0.15, -0.1) is 0 Å². The number of benzene rings is 1. The number of methoxy groups -OCH3 is 1. The number of hydrogen-bond donors (Lipinski definition) is 1. The standard InChI is InChI=1S/C14H20N2O4S/c1-10(9-20-2)15-14(17)12-4-5-13-11(8-12)6-7-16(13)21(3,18)19/h4-5,8,10H,6-7,9H2,1-3H3,(H,15,17)/t10-/m1/s1. The molecule has 1 N–H and O–H groups in total. The van der Waals surface area contributed by atoms with Crippen molar-refractivity contribution >= 4 is 21.6 Å². The number of carbonyl (C=O) groups is 1. The molecule has 0 aromatic heterocycles. The molecule has 0 fully saturated rings. The molecule has 1 aromatic rings. The Morgan fingerprint density at radius 2 is 2.19 bits per heavy atom. The van der Waals surface area contributed by atoms with E-state index in [1.165, 1.54) is 10.6 Å². The Kier molecular flexibility index (Phi) is 4.53. The van der Waals surface area contributed by atoms with Gasteiger partial charge < -0.3 is 10.1 Å². The summed E-state index contributed by atoms with van der Waals surface area (Å²) in [4.78, 5) is 12.1. The third-order valence-corrected chi connectivity index (χ3v) is 4.57. The first-order valence-electron chi connectivity index (χ1n) is 6.73. The highest BCUT2D eigenvalue weighted by Gasteiger charge is 2.26. The summed E-state index contributed by atoms with van der Waals surface area (Å²) in [6.07, 6.45) is 1.81. The van der Waals surface area contributed by atoms with Gasteiger partial charge >= 0.3 is 0 Å². The van der Waals surface area contributed by atoms with Crippen LogP contribution in [0.2, 0.25) is 0 Å².